The Balaban J connectivity index is 1.62. The van der Waals surface area contributed by atoms with E-state index in [1.807, 2.05) is 24.3 Å². The van der Waals surface area contributed by atoms with Gasteiger partial charge in [-0.1, -0.05) is 12.1 Å². The molecule has 7 heteroatoms. The van der Waals surface area contributed by atoms with Crippen LogP contribution in [0.2, 0.25) is 0 Å². The molecule has 5 nitrogen and oxygen atoms in total. The van der Waals surface area contributed by atoms with E-state index in [0.717, 1.165) is 23.4 Å². The molecule has 1 heterocycles. The number of rotatable bonds is 5. The molecular weight excluding hydrogens is 378 g/mol. The summed E-state index contributed by atoms with van der Waals surface area (Å²) in [6.07, 6.45) is 2.78. The second-order valence-electron chi connectivity index (χ2n) is 6.74. The summed E-state index contributed by atoms with van der Waals surface area (Å²) in [7, 11) is 1.59. The van der Waals surface area contributed by atoms with Gasteiger partial charge in [0.2, 0.25) is 11.8 Å². The number of methoxy groups -OCH3 is 1. The van der Waals surface area contributed by atoms with Gasteiger partial charge >= 0.3 is 0 Å². The first kappa shape index (κ1) is 20.5. The number of nitrogens with zero attached hydrogens (tertiary/aromatic N) is 2. The van der Waals surface area contributed by atoms with Crippen LogP contribution in [-0.4, -0.2) is 48.4 Å². The van der Waals surface area contributed by atoms with E-state index in [9.17, 15) is 18.4 Å². The predicted molar refractivity (Wildman–Crippen MR) is 105 cm³/mol. The largest absolute Gasteiger partial charge is 0.497 e. The highest BCUT2D eigenvalue weighted by Crippen LogP contribution is 2.16. The van der Waals surface area contributed by atoms with E-state index < -0.39 is 11.6 Å². The number of hydrogen-bond donors (Lipinski definition) is 0. The molecular formula is C22H22F2N2O3. The highest BCUT2D eigenvalue weighted by molar-refractivity contribution is 5.92. The lowest BCUT2D eigenvalue weighted by Gasteiger charge is -2.22. The molecule has 2 aromatic carbocycles. The number of hydrogen-bond acceptors (Lipinski definition) is 3. The first-order chi connectivity index (χ1) is 14.0. The Morgan fingerprint density at radius 1 is 1.14 bits per heavy atom. The van der Waals surface area contributed by atoms with E-state index in [-0.39, 0.29) is 23.8 Å². The monoisotopic (exact) mass is 400 g/mol. The van der Waals surface area contributed by atoms with Crippen LogP contribution >= 0.6 is 0 Å². The van der Waals surface area contributed by atoms with Crippen molar-refractivity contribution >= 4 is 17.9 Å². The van der Waals surface area contributed by atoms with E-state index in [0.29, 0.717) is 26.2 Å². The van der Waals surface area contributed by atoms with Crippen molar-refractivity contribution in [3.63, 3.8) is 0 Å². The van der Waals surface area contributed by atoms with Gasteiger partial charge in [0.05, 0.1) is 7.11 Å². The van der Waals surface area contributed by atoms with E-state index in [1.54, 1.807) is 16.9 Å². The molecule has 152 valence electrons. The summed E-state index contributed by atoms with van der Waals surface area (Å²) in [6.45, 7) is 1.52. The van der Waals surface area contributed by atoms with E-state index in [2.05, 4.69) is 0 Å². The zero-order chi connectivity index (χ0) is 20.8. The highest BCUT2D eigenvalue weighted by Gasteiger charge is 2.23. The molecule has 0 radical (unpaired) electrons. The summed E-state index contributed by atoms with van der Waals surface area (Å²) in [5.41, 5.74) is 1.08. The van der Waals surface area contributed by atoms with Gasteiger partial charge in [-0.05, 0) is 35.9 Å². The van der Waals surface area contributed by atoms with Crippen LogP contribution in [0, 0.1) is 11.6 Å². The van der Waals surface area contributed by atoms with Crippen LogP contribution in [0.25, 0.3) is 6.08 Å². The minimum absolute atomic E-state index is 0.0309. The zero-order valence-corrected chi connectivity index (χ0v) is 16.1. The van der Waals surface area contributed by atoms with Gasteiger partial charge in [0, 0.05) is 50.3 Å². The van der Waals surface area contributed by atoms with Crippen LogP contribution in [0.15, 0.2) is 48.5 Å². The Morgan fingerprint density at radius 3 is 2.72 bits per heavy atom. The zero-order valence-electron chi connectivity index (χ0n) is 16.1. The topological polar surface area (TPSA) is 49.9 Å². The number of amides is 2. The number of carbonyl (C=O) groups is 2. The van der Waals surface area contributed by atoms with Crippen molar-refractivity contribution in [1.82, 2.24) is 9.80 Å². The molecule has 0 N–H and O–H groups in total. The number of carbonyl (C=O) groups excluding carboxylic acids is 2. The molecule has 1 fully saturated rings. The third kappa shape index (κ3) is 5.40. The van der Waals surface area contributed by atoms with Crippen molar-refractivity contribution < 1.29 is 23.1 Å². The van der Waals surface area contributed by atoms with Crippen LogP contribution in [0.3, 0.4) is 0 Å². The Bertz CT molecular complexity index is 930. The van der Waals surface area contributed by atoms with Gasteiger partial charge in [-0.15, -0.1) is 0 Å². The molecule has 0 aliphatic carbocycles. The molecule has 0 bridgehead atoms. The maximum Gasteiger partial charge on any atom is 0.246 e. The van der Waals surface area contributed by atoms with Crippen LogP contribution in [-0.2, 0) is 16.1 Å². The van der Waals surface area contributed by atoms with E-state index >= 15 is 0 Å². The van der Waals surface area contributed by atoms with Gasteiger partial charge in [0.25, 0.3) is 0 Å². The van der Waals surface area contributed by atoms with Crippen molar-refractivity contribution in [3.8, 4) is 5.75 Å². The van der Waals surface area contributed by atoms with Crippen molar-refractivity contribution in [2.75, 3.05) is 26.7 Å². The third-order valence-electron chi connectivity index (χ3n) is 4.78. The van der Waals surface area contributed by atoms with Gasteiger partial charge in [-0.25, -0.2) is 8.78 Å². The molecule has 1 aliphatic heterocycles. The molecule has 0 spiro atoms. The van der Waals surface area contributed by atoms with Crippen molar-refractivity contribution in [3.05, 3.63) is 71.3 Å². The summed E-state index contributed by atoms with van der Waals surface area (Å²) in [5, 5.41) is 0. The fourth-order valence-corrected chi connectivity index (χ4v) is 3.15. The highest BCUT2D eigenvalue weighted by atomic mass is 19.1. The SMILES string of the molecule is COc1cccc(CN2CCN(C(=O)/C=C/c3ccc(F)cc3F)CCC2=O)c1. The second-order valence-corrected chi connectivity index (χ2v) is 6.74. The molecule has 3 rings (SSSR count). The minimum atomic E-state index is -0.732. The van der Waals surface area contributed by atoms with Gasteiger partial charge in [0.15, 0.2) is 0 Å². The maximum atomic E-state index is 13.7. The maximum absolute atomic E-state index is 13.7. The second kappa shape index (κ2) is 9.32. The first-order valence-corrected chi connectivity index (χ1v) is 9.29. The minimum Gasteiger partial charge on any atom is -0.497 e. The fourth-order valence-electron chi connectivity index (χ4n) is 3.15. The molecule has 1 saturated heterocycles. The standard InChI is InChI=1S/C22H22F2N2O3/c1-29-19-4-2-3-16(13-19)15-26-12-11-25(10-9-22(26)28)21(27)8-6-17-5-7-18(23)14-20(17)24/h2-8,13-14H,9-12,15H2,1H3/b8-6+. The van der Waals surface area contributed by atoms with Gasteiger partial charge in [-0.3, -0.25) is 9.59 Å². The molecule has 2 aromatic rings. The lowest BCUT2D eigenvalue weighted by atomic mass is 10.2. The summed E-state index contributed by atoms with van der Waals surface area (Å²) in [4.78, 5) is 28.2. The third-order valence-corrected chi connectivity index (χ3v) is 4.78. The van der Waals surface area contributed by atoms with E-state index in [4.69, 9.17) is 4.74 Å². The number of ether oxygens (including phenoxy) is 1. The fraction of sp³-hybridized carbons (Fsp3) is 0.273. The predicted octanol–water partition coefficient (Wildman–Crippen LogP) is 3.25. The summed E-state index contributed by atoms with van der Waals surface area (Å²) < 4.78 is 31.9. The normalized spacial score (nSPS) is 14.9. The molecule has 2 amide bonds. The lowest BCUT2D eigenvalue weighted by Crippen LogP contribution is -2.34. The van der Waals surface area contributed by atoms with Crippen LogP contribution in [0.5, 0.6) is 5.75 Å². The summed E-state index contributed by atoms with van der Waals surface area (Å²) in [6, 6.07) is 10.7. The Labute approximate surface area is 168 Å². The molecule has 29 heavy (non-hydrogen) atoms. The summed E-state index contributed by atoms with van der Waals surface area (Å²) in [5.74, 6) is -1.03. The Kier molecular flexibility index (Phi) is 6.59. The molecule has 1 aliphatic rings. The van der Waals surface area contributed by atoms with Gasteiger partial charge in [-0.2, -0.15) is 0 Å². The van der Waals surface area contributed by atoms with E-state index in [1.165, 1.54) is 18.2 Å². The average Bonchev–Trinajstić information content (AvgIpc) is 2.89. The van der Waals surface area contributed by atoms with Crippen molar-refractivity contribution in [1.29, 1.82) is 0 Å². The number of benzene rings is 2. The Hall–Kier alpha value is -3.22. The smallest absolute Gasteiger partial charge is 0.246 e. The quantitative estimate of drug-likeness (QED) is 0.724. The van der Waals surface area contributed by atoms with Crippen molar-refractivity contribution in [2.24, 2.45) is 0 Å². The number of halogens is 2. The summed E-state index contributed by atoms with van der Waals surface area (Å²) >= 11 is 0. The first-order valence-electron chi connectivity index (χ1n) is 9.29. The van der Waals surface area contributed by atoms with Crippen LogP contribution in [0.4, 0.5) is 8.78 Å². The molecule has 0 unspecified atom stereocenters. The average molecular weight is 400 g/mol. The lowest BCUT2D eigenvalue weighted by molar-refractivity contribution is -0.130. The Morgan fingerprint density at radius 2 is 1.97 bits per heavy atom. The molecule has 0 atom stereocenters. The van der Waals surface area contributed by atoms with Crippen LogP contribution < -0.4 is 4.74 Å². The van der Waals surface area contributed by atoms with Gasteiger partial charge in [0.1, 0.15) is 17.4 Å². The van der Waals surface area contributed by atoms with Crippen molar-refractivity contribution in [2.45, 2.75) is 13.0 Å². The van der Waals surface area contributed by atoms with Crippen LogP contribution in [0.1, 0.15) is 17.5 Å². The van der Waals surface area contributed by atoms with Gasteiger partial charge < -0.3 is 14.5 Å². The molecule has 0 saturated carbocycles. The molecule has 0 aromatic heterocycles.